The Morgan fingerprint density at radius 3 is 2.71 bits per heavy atom. The maximum absolute atomic E-state index is 12.9. The van der Waals surface area contributed by atoms with Crippen LogP contribution in [0, 0.1) is 0 Å². The number of benzene rings is 1. The molecule has 28 heavy (non-hydrogen) atoms. The summed E-state index contributed by atoms with van der Waals surface area (Å²) in [4.78, 5) is 25.6. The highest BCUT2D eigenvalue weighted by Crippen LogP contribution is 2.15. The van der Waals surface area contributed by atoms with Crippen molar-refractivity contribution in [3.63, 3.8) is 0 Å². The lowest BCUT2D eigenvalue weighted by atomic mass is 10.1. The van der Waals surface area contributed by atoms with Crippen LogP contribution >= 0.6 is 0 Å². The minimum absolute atomic E-state index is 0.146. The topological polar surface area (TPSA) is 90.5 Å². The Balaban J connectivity index is 1.66. The normalized spacial score (nSPS) is 11.2. The molecule has 0 aliphatic heterocycles. The third-order valence-electron chi connectivity index (χ3n) is 4.57. The Morgan fingerprint density at radius 2 is 1.89 bits per heavy atom. The Morgan fingerprint density at radius 1 is 1.11 bits per heavy atom. The van der Waals surface area contributed by atoms with Gasteiger partial charge in [0.25, 0.3) is 11.5 Å². The van der Waals surface area contributed by atoms with Gasteiger partial charge in [0.1, 0.15) is 0 Å². The molecular formula is C20H19N5O3. The zero-order chi connectivity index (χ0) is 19.5. The molecule has 0 aliphatic carbocycles. The van der Waals surface area contributed by atoms with Crippen molar-refractivity contribution in [2.75, 3.05) is 13.7 Å². The Kier molecular flexibility index (Phi) is 4.86. The summed E-state index contributed by atoms with van der Waals surface area (Å²) in [5.41, 5.74) is 0.998. The molecule has 142 valence electrons. The van der Waals surface area contributed by atoms with Gasteiger partial charge in [-0.3, -0.25) is 14.0 Å². The second kappa shape index (κ2) is 7.61. The molecule has 0 saturated heterocycles. The van der Waals surface area contributed by atoms with Gasteiger partial charge < -0.3 is 14.6 Å². The lowest BCUT2D eigenvalue weighted by Crippen LogP contribution is -2.28. The molecule has 3 aromatic heterocycles. The number of nitrogens with zero attached hydrogens (tertiary/aromatic N) is 4. The summed E-state index contributed by atoms with van der Waals surface area (Å²) in [5, 5.41) is 12.2. The largest absolute Gasteiger partial charge is 0.383 e. The van der Waals surface area contributed by atoms with Gasteiger partial charge >= 0.3 is 0 Å². The van der Waals surface area contributed by atoms with Gasteiger partial charge in [0.15, 0.2) is 11.5 Å². The second-order valence-electron chi connectivity index (χ2n) is 6.31. The molecule has 0 bridgehead atoms. The number of hydrogen-bond donors (Lipinski definition) is 1. The maximum Gasteiger partial charge on any atom is 0.258 e. The number of rotatable bonds is 6. The molecule has 0 spiro atoms. The highest BCUT2D eigenvalue weighted by atomic mass is 16.5. The van der Waals surface area contributed by atoms with Gasteiger partial charge in [-0.15, -0.1) is 10.2 Å². The van der Waals surface area contributed by atoms with E-state index in [1.807, 2.05) is 34.9 Å². The van der Waals surface area contributed by atoms with Gasteiger partial charge in [0, 0.05) is 36.8 Å². The van der Waals surface area contributed by atoms with Crippen LogP contribution < -0.4 is 10.9 Å². The van der Waals surface area contributed by atoms with Gasteiger partial charge in [-0.1, -0.05) is 24.3 Å². The molecule has 1 N–H and O–H groups in total. The predicted molar refractivity (Wildman–Crippen MR) is 104 cm³/mol. The van der Waals surface area contributed by atoms with Crippen LogP contribution in [0.5, 0.6) is 0 Å². The van der Waals surface area contributed by atoms with Gasteiger partial charge in [-0.25, -0.2) is 0 Å². The van der Waals surface area contributed by atoms with Crippen molar-refractivity contribution >= 4 is 22.3 Å². The highest BCUT2D eigenvalue weighted by molar-refractivity contribution is 6.06. The number of amides is 1. The molecule has 4 aromatic rings. The number of carbonyl (C=O) groups is 1. The smallest absolute Gasteiger partial charge is 0.258 e. The molecule has 0 aliphatic rings. The van der Waals surface area contributed by atoms with E-state index in [9.17, 15) is 9.59 Å². The number of hydrogen-bond acceptors (Lipinski definition) is 5. The van der Waals surface area contributed by atoms with Crippen LogP contribution in [-0.2, 0) is 17.8 Å². The lowest BCUT2D eigenvalue weighted by molar-refractivity contribution is 0.0950. The van der Waals surface area contributed by atoms with Crippen LogP contribution in [0.15, 0.2) is 59.7 Å². The highest BCUT2D eigenvalue weighted by Gasteiger charge is 2.15. The molecular weight excluding hydrogens is 358 g/mol. The Labute approximate surface area is 160 Å². The van der Waals surface area contributed by atoms with Crippen LogP contribution in [0.1, 0.15) is 16.2 Å². The number of ether oxygens (including phenoxy) is 1. The standard InChI is InChI=1S/C20H19N5O3/c1-28-11-10-24-13-16(14-6-2-3-7-15(14)20(24)27)19(26)21-12-18-23-22-17-8-4-5-9-25(17)18/h2-9,13H,10-12H2,1H3,(H,21,26). The Hall–Kier alpha value is -3.52. The van der Waals surface area contributed by atoms with Gasteiger partial charge in [0.2, 0.25) is 0 Å². The SMILES string of the molecule is COCCn1cc(C(=O)NCc2nnc3ccccn23)c2ccccc2c1=O. The van der Waals surface area contributed by atoms with E-state index in [1.54, 1.807) is 31.5 Å². The molecule has 8 heteroatoms. The monoisotopic (exact) mass is 377 g/mol. The minimum Gasteiger partial charge on any atom is -0.383 e. The van der Waals surface area contributed by atoms with Crippen molar-refractivity contribution in [2.24, 2.45) is 0 Å². The van der Waals surface area contributed by atoms with E-state index in [0.29, 0.717) is 41.0 Å². The maximum atomic E-state index is 12.9. The summed E-state index contributed by atoms with van der Waals surface area (Å²) in [5.74, 6) is 0.344. The summed E-state index contributed by atoms with van der Waals surface area (Å²) < 4.78 is 8.40. The summed E-state index contributed by atoms with van der Waals surface area (Å²) in [7, 11) is 1.57. The Bertz CT molecular complexity index is 1210. The summed E-state index contributed by atoms with van der Waals surface area (Å²) in [6, 6.07) is 12.7. The summed E-state index contributed by atoms with van der Waals surface area (Å²) in [6.45, 7) is 0.968. The number of fused-ring (bicyclic) bond motifs is 2. The molecule has 0 radical (unpaired) electrons. The van der Waals surface area contributed by atoms with Crippen molar-refractivity contribution in [2.45, 2.75) is 13.1 Å². The number of nitrogens with one attached hydrogen (secondary N) is 1. The van der Waals surface area contributed by atoms with Crippen LogP contribution in [0.4, 0.5) is 0 Å². The fourth-order valence-corrected chi connectivity index (χ4v) is 3.15. The van der Waals surface area contributed by atoms with Crippen molar-refractivity contribution in [3.05, 3.63) is 76.6 Å². The predicted octanol–water partition coefficient (Wildman–Crippen LogP) is 1.62. The van der Waals surface area contributed by atoms with Crippen molar-refractivity contribution < 1.29 is 9.53 Å². The molecule has 1 amide bonds. The van der Waals surface area contributed by atoms with Crippen molar-refractivity contribution in [1.29, 1.82) is 0 Å². The van der Waals surface area contributed by atoms with Crippen LogP contribution in [0.2, 0.25) is 0 Å². The molecule has 0 fully saturated rings. The van der Waals surface area contributed by atoms with Crippen molar-refractivity contribution in [1.82, 2.24) is 24.5 Å². The van der Waals surface area contributed by atoms with Crippen molar-refractivity contribution in [3.8, 4) is 0 Å². The van der Waals surface area contributed by atoms with Crippen LogP contribution in [-0.4, -0.2) is 38.8 Å². The first-order chi connectivity index (χ1) is 13.7. The molecule has 3 heterocycles. The second-order valence-corrected chi connectivity index (χ2v) is 6.31. The minimum atomic E-state index is -0.282. The van der Waals surface area contributed by atoms with E-state index in [1.165, 1.54) is 4.57 Å². The van der Waals surface area contributed by atoms with Gasteiger partial charge in [-0.05, 0) is 18.2 Å². The average Bonchev–Trinajstić information content (AvgIpc) is 3.15. The van der Waals surface area contributed by atoms with Crippen LogP contribution in [0.3, 0.4) is 0 Å². The third kappa shape index (κ3) is 3.25. The van der Waals surface area contributed by atoms with E-state index in [4.69, 9.17) is 4.74 Å². The zero-order valence-electron chi connectivity index (χ0n) is 15.3. The van der Waals surface area contributed by atoms with Crippen LogP contribution in [0.25, 0.3) is 16.4 Å². The lowest BCUT2D eigenvalue weighted by Gasteiger charge is -2.12. The van der Waals surface area contributed by atoms with E-state index in [0.717, 1.165) is 0 Å². The van der Waals surface area contributed by atoms with E-state index < -0.39 is 0 Å². The fraction of sp³-hybridized carbons (Fsp3) is 0.200. The van der Waals surface area contributed by atoms with E-state index in [-0.39, 0.29) is 18.0 Å². The quantitative estimate of drug-likeness (QED) is 0.551. The van der Waals surface area contributed by atoms with Gasteiger partial charge in [-0.2, -0.15) is 0 Å². The molecule has 8 nitrogen and oxygen atoms in total. The molecule has 1 aromatic carbocycles. The van der Waals surface area contributed by atoms with Gasteiger partial charge in [0.05, 0.1) is 18.7 Å². The number of carbonyl (C=O) groups excluding carboxylic acids is 1. The van der Waals surface area contributed by atoms with E-state index >= 15 is 0 Å². The number of methoxy groups -OCH3 is 1. The third-order valence-corrected chi connectivity index (χ3v) is 4.57. The molecule has 0 unspecified atom stereocenters. The molecule has 0 saturated carbocycles. The van der Waals surface area contributed by atoms with E-state index in [2.05, 4.69) is 15.5 Å². The fourth-order valence-electron chi connectivity index (χ4n) is 3.15. The zero-order valence-corrected chi connectivity index (χ0v) is 15.3. The number of aromatic nitrogens is 4. The first-order valence-corrected chi connectivity index (χ1v) is 8.87. The first kappa shape index (κ1) is 17.9. The average molecular weight is 377 g/mol. The first-order valence-electron chi connectivity index (χ1n) is 8.87. The molecule has 4 rings (SSSR count). The molecule has 0 atom stereocenters. The summed E-state index contributed by atoms with van der Waals surface area (Å²) >= 11 is 0. The number of pyridine rings is 2. The summed E-state index contributed by atoms with van der Waals surface area (Å²) in [6.07, 6.45) is 3.43.